The standard InChI is InChI=1S/C16H26N2O.ClH/c1-11(2)9-16(5,10-17)18-15(19)14-7-12(3)6-13(4)8-14;/h6-8,11H,9-10,17H2,1-5H3,(H,18,19);1H. The highest BCUT2D eigenvalue weighted by molar-refractivity contribution is 5.95. The summed E-state index contributed by atoms with van der Waals surface area (Å²) < 4.78 is 0. The minimum absolute atomic E-state index is 0. The van der Waals surface area contributed by atoms with Crippen molar-refractivity contribution in [3.05, 3.63) is 34.9 Å². The summed E-state index contributed by atoms with van der Waals surface area (Å²) in [6.07, 6.45) is 0.875. The van der Waals surface area contributed by atoms with Gasteiger partial charge in [-0.1, -0.05) is 31.0 Å². The zero-order chi connectivity index (χ0) is 14.6. The first-order valence-electron chi connectivity index (χ1n) is 6.86. The third kappa shape index (κ3) is 5.51. The Bertz CT molecular complexity index is 440. The molecule has 4 heteroatoms. The second kappa shape index (κ2) is 7.65. The molecule has 0 aliphatic rings. The molecule has 1 unspecified atom stereocenters. The number of hydrogen-bond acceptors (Lipinski definition) is 2. The van der Waals surface area contributed by atoms with E-state index in [2.05, 4.69) is 25.2 Å². The summed E-state index contributed by atoms with van der Waals surface area (Å²) in [5.74, 6) is 0.452. The number of carbonyl (C=O) groups excluding carboxylic acids is 1. The summed E-state index contributed by atoms with van der Waals surface area (Å²) in [4.78, 5) is 12.3. The van der Waals surface area contributed by atoms with Gasteiger partial charge in [0.25, 0.3) is 5.91 Å². The van der Waals surface area contributed by atoms with Crippen molar-refractivity contribution in [3.8, 4) is 0 Å². The molecule has 0 spiro atoms. The Labute approximate surface area is 128 Å². The Kier molecular flexibility index (Phi) is 7.25. The lowest BCUT2D eigenvalue weighted by Crippen LogP contribution is -2.52. The molecule has 3 nitrogen and oxygen atoms in total. The van der Waals surface area contributed by atoms with Crippen LogP contribution in [0.2, 0.25) is 0 Å². The fourth-order valence-electron chi connectivity index (χ4n) is 2.54. The van der Waals surface area contributed by atoms with Crippen molar-refractivity contribution in [1.82, 2.24) is 5.32 Å². The molecule has 3 N–H and O–H groups in total. The van der Waals surface area contributed by atoms with E-state index in [0.717, 1.165) is 17.5 Å². The van der Waals surface area contributed by atoms with Gasteiger partial charge >= 0.3 is 0 Å². The van der Waals surface area contributed by atoms with Crippen molar-refractivity contribution in [1.29, 1.82) is 0 Å². The molecule has 0 aromatic heterocycles. The average Bonchev–Trinajstić information content (AvgIpc) is 2.26. The quantitative estimate of drug-likeness (QED) is 0.877. The predicted octanol–water partition coefficient (Wildman–Crippen LogP) is 3.22. The Morgan fingerprint density at radius 1 is 1.25 bits per heavy atom. The van der Waals surface area contributed by atoms with E-state index in [-0.39, 0.29) is 23.9 Å². The van der Waals surface area contributed by atoms with Crippen LogP contribution in [0.15, 0.2) is 18.2 Å². The molecular weight excluding hydrogens is 272 g/mol. The number of nitrogens with two attached hydrogens (primary N) is 1. The van der Waals surface area contributed by atoms with Gasteiger partial charge in [-0.15, -0.1) is 12.4 Å². The van der Waals surface area contributed by atoms with Crippen molar-refractivity contribution in [3.63, 3.8) is 0 Å². The molecule has 114 valence electrons. The number of hydrogen-bond donors (Lipinski definition) is 2. The lowest BCUT2D eigenvalue weighted by molar-refractivity contribution is 0.0898. The van der Waals surface area contributed by atoms with Crippen LogP contribution < -0.4 is 11.1 Å². The van der Waals surface area contributed by atoms with E-state index in [1.54, 1.807) is 0 Å². The lowest BCUT2D eigenvalue weighted by Gasteiger charge is -2.31. The molecule has 0 radical (unpaired) electrons. The van der Waals surface area contributed by atoms with Gasteiger partial charge in [-0.05, 0) is 45.2 Å². The Morgan fingerprint density at radius 2 is 1.75 bits per heavy atom. The molecule has 0 aliphatic heterocycles. The molecule has 1 atom stereocenters. The van der Waals surface area contributed by atoms with Gasteiger partial charge in [0.1, 0.15) is 0 Å². The zero-order valence-electron chi connectivity index (χ0n) is 13.1. The fraction of sp³-hybridized carbons (Fsp3) is 0.562. The van der Waals surface area contributed by atoms with Gasteiger partial charge in [-0.3, -0.25) is 4.79 Å². The minimum atomic E-state index is -0.344. The highest BCUT2D eigenvalue weighted by atomic mass is 35.5. The van der Waals surface area contributed by atoms with Crippen LogP contribution >= 0.6 is 12.4 Å². The monoisotopic (exact) mass is 298 g/mol. The molecule has 0 heterocycles. The van der Waals surface area contributed by atoms with E-state index in [1.165, 1.54) is 0 Å². The first-order valence-corrected chi connectivity index (χ1v) is 6.86. The number of aryl methyl sites for hydroxylation is 2. The summed E-state index contributed by atoms with van der Waals surface area (Å²) in [5.41, 5.74) is 8.39. The van der Waals surface area contributed by atoms with E-state index >= 15 is 0 Å². The number of amides is 1. The van der Waals surface area contributed by atoms with Crippen molar-refractivity contribution in [2.75, 3.05) is 6.54 Å². The molecule has 0 saturated heterocycles. The maximum absolute atomic E-state index is 12.3. The third-order valence-electron chi connectivity index (χ3n) is 3.21. The van der Waals surface area contributed by atoms with Crippen LogP contribution in [0, 0.1) is 19.8 Å². The van der Waals surface area contributed by atoms with Crippen LogP contribution in [-0.2, 0) is 0 Å². The lowest BCUT2D eigenvalue weighted by atomic mass is 9.90. The molecule has 0 bridgehead atoms. The molecule has 0 fully saturated rings. The van der Waals surface area contributed by atoms with Crippen molar-refractivity contribution in [2.45, 2.75) is 46.6 Å². The maximum atomic E-state index is 12.3. The number of rotatable bonds is 5. The number of nitrogens with one attached hydrogen (secondary N) is 1. The second-order valence-electron chi connectivity index (χ2n) is 6.19. The smallest absolute Gasteiger partial charge is 0.251 e. The number of halogens is 1. The van der Waals surface area contributed by atoms with Gasteiger partial charge in [0.05, 0.1) is 0 Å². The Balaban J connectivity index is 0.00000361. The van der Waals surface area contributed by atoms with Crippen LogP contribution in [0.5, 0.6) is 0 Å². The van der Waals surface area contributed by atoms with Crippen molar-refractivity contribution < 1.29 is 4.79 Å². The normalized spacial score (nSPS) is 13.6. The molecule has 1 amide bonds. The Morgan fingerprint density at radius 3 is 2.15 bits per heavy atom. The van der Waals surface area contributed by atoms with Crippen molar-refractivity contribution in [2.24, 2.45) is 11.7 Å². The van der Waals surface area contributed by atoms with Gasteiger partial charge in [0.2, 0.25) is 0 Å². The molecule has 0 aliphatic carbocycles. The van der Waals surface area contributed by atoms with E-state index in [9.17, 15) is 4.79 Å². The summed E-state index contributed by atoms with van der Waals surface area (Å²) in [6, 6.07) is 5.89. The number of benzene rings is 1. The van der Waals surface area contributed by atoms with E-state index in [1.807, 2.05) is 32.9 Å². The average molecular weight is 299 g/mol. The first-order chi connectivity index (χ1) is 8.75. The molecule has 1 aromatic carbocycles. The highest BCUT2D eigenvalue weighted by Crippen LogP contribution is 2.17. The van der Waals surface area contributed by atoms with Gasteiger partial charge < -0.3 is 11.1 Å². The van der Waals surface area contributed by atoms with Crippen LogP contribution in [-0.4, -0.2) is 18.0 Å². The highest BCUT2D eigenvalue weighted by Gasteiger charge is 2.26. The van der Waals surface area contributed by atoms with Crippen LogP contribution in [0.4, 0.5) is 0 Å². The van der Waals surface area contributed by atoms with Gasteiger partial charge in [0.15, 0.2) is 0 Å². The zero-order valence-corrected chi connectivity index (χ0v) is 13.9. The van der Waals surface area contributed by atoms with E-state index < -0.39 is 0 Å². The second-order valence-corrected chi connectivity index (χ2v) is 6.19. The molecular formula is C16H27ClN2O. The summed E-state index contributed by atoms with van der Waals surface area (Å²) in [5, 5.41) is 3.08. The van der Waals surface area contributed by atoms with Crippen LogP contribution in [0.3, 0.4) is 0 Å². The predicted molar refractivity (Wildman–Crippen MR) is 87.5 cm³/mol. The molecule has 1 rings (SSSR count). The summed E-state index contributed by atoms with van der Waals surface area (Å²) >= 11 is 0. The van der Waals surface area contributed by atoms with Gasteiger partial charge in [-0.2, -0.15) is 0 Å². The van der Waals surface area contributed by atoms with E-state index in [4.69, 9.17) is 5.73 Å². The maximum Gasteiger partial charge on any atom is 0.251 e. The largest absolute Gasteiger partial charge is 0.346 e. The molecule has 1 aromatic rings. The Hall–Kier alpha value is -1.06. The van der Waals surface area contributed by atoms with Crippen molar-refractivity contribution >= 4 is 18.3 Å². The van der Waals surface area contributed by atoms with Crippen LogP contribution in [0.1, 0.15) is 48.7 Å². The third-order valence-corrected chi connectivity index (χ3v) is 3.21. The van der Waals surface area contributed by atoms with E-state index in [0.29, 0.717) is 18.0 Å². The van der Waals surface area contributed by atoms with Gasteiger partial charge in [0, 0.05) is 17.6 Å². The fourth-order valence-corrected chi connectivity index (χ4v) is 2.54. The van der Waals surface area contributed by atoms with Crippen LogP contribution in [0.25, 0.3) is 0 Å². The summed E-state index contributed by atoms with van der Waals surface area (Å²) in [6.45, 7) is 10.7. The molecule has 0 saturated carbocycles. The van der Waals surface area contributed by atoms with Gasteiger partial charge in [-0.25, -0.2) is 0 Å². The first kappa shape index (κ1) is 18.9. The minimum Gasteiger partial charge on any atom is -0.346 e. The topological polar surface area (TPSA) is 55.1 Å². The summed E-state index contributed by atoms with van der Waals surface area (Å²) in [7, 11) is 0. The number of carbonyl (C=O) groups is 1. The SMILES string of the molecule is Cc1cc(C)cc(C(=O)NC(C)(CN)CC(C)C)c1.Cl. The molecule has 20 heavy (non-hydrogen) atoms.